The number of carbonyl (C=O) groups is 2. The summed E-state index contributed by atoms with van der Waals surface area (Å²) >= 11 is 0. The Morgan fingerprint density at radius 2 is 1.54 bits per heavy atom. The highest BCUT2D eigenvalue weighted by Crippen LogP contribution is 2.36. The number of pyridine rings is 1. The van der Waals surface area contributed by atoms with E-state index in [4.69, 9.17) is 11.3 Å². The minimum atomic E-state index is -0.543. The maximum Gasteiger partial charge on any atom is 0.267 e. The minimum Gasteiger partial charge on any atom is -0.323 e. The third kappa shape index (κ3) is 3.76. The van der Waals surface area contributed by atoms with Gasteiger partial charge in [-0.1, -0.05) is 48.5 Å². The molecule has 2 amide bonds. The average Bonchev–Trinajstić information content (AvgIpc) is 3.14. The highest BCUT2D eigenvalue weighted by Gasteiger charge is 2.38. The second-order valence-electron chi connectivity index (χ2n) is 7.83. The van der Waals surface area contributed by atoms with E-state index in [0.717, 1.165) is 22.2 Å². The van der Waals surface area contributed by atoms with E-state index in [1.165, 1.54) is 24.3 Å². The lowest BCUT2D eigenvalue weighted by atomic mass is 9.96. The number of imide groups is 1. The molecular weight excluding hydrogens is 445 g/mol. The number of rotatable bonds is 5. The molecule has 8 heteroatoms. The van der Waals surface area contributed by atoms with Crippen LogP contribution in [-0.2, 0) is 0 Å². The Labute approximate surface area is 199 Å². The molecule has 2 heterocycles. The van der Waals surface area contributed by atoms with E-state index in [1.54, 1.807) is 30.5 Å². The molecule has 170 valence electrons. The number of fused-ring (bicyclic) bond motifs is 1. The fourth-order valence-corrected chi connectivity index (χ4v) is 4.09. The Kier molecular flexibility index (Phi) is 5.46. The predicted octanol–water partition coefficient (Wildman–Crippen LogP) is 4.67. The average molecular weight is 463 g/mol. The SMILES string of the molecule is N=C/C(=N\N)c1ccc2c(c1)C(=O)N(c1cc(-c3ccc(F)cc3)c(-c3ccccc3)cn1)C2=O. The van der Waals surface area contributed by atoms with E-state index >= 15 is 0 Å². The molecule has 0 unspecified atom stereocenters. The van der Waals surface area contributed by atoms with Gasteiger partial charge in [0.25, 0.3) is 11.8 Å². The van der Waals surface area contributed by atoms with E-state index in [2.05, 4.69) is 10.1 Å². The van der Waals surface area contributed by atoms with Gasteiger partial charge in [0.2, 0.25) is 0 Å². The second kappa shape index (κ2) is 8.75. The lowest BCUT2D eigenvalue weighted by molar-refractivity contribution is 0.0925. The predicted molar refractivity (Wildman–Crippen MR) is 132 cm³/mol. The normalized spacial score (nSPS) is 13.2. The van der Waals surface area contributed by atoms with Crippen LogP contribution in [0.3, 0.4) is 0 Å². The molecule has 0 bridgehead atoms. The second-order valence-corrected chi connectivity index (χ2v) is 7.83. The number of nitrogens with two attached hydrogens (primary N) is 1. The first-order valence-electron chi connectivity index (χ1n) is 10.6. The van der Waals surface area contributed by atoms with Crippen LogP contribution in [0, 0.1) is 11.2 Å². The van der Waals surface area contributed by atoms with E-state index < -0.39 is 11.8 Å². The van der Waals surface area contributed by atoms with Gasteiger partial charge in [-0.25, -0.2) is 14.3 Å². The zero-order valence-corrected chi connectivity index (χ0v) is 18.3. The minimum absolute atomic E-state index is 0.150. The number of nitrogens with zero attached hydrogens (tertiary/aromatic N) is 3. The molecule has 1 aliphatic heterocycles. The quantitative estimate of drug-likeness (QED) is 0.194. The van der Waals surface area contributed by atoms with Crippen LogP contribution in [0.25, 0.3) is 22.3 Å². The van der Waals surface area contributed by atoms with Gasteiger partial charge in [-0.15, -0.1) is 0 Å². The summed E-state index contributed by atoms with van der Waals surface area (Å²) in [5.41, 5.74) is 4.08. The van der Waals surface area contributed by atoms with E-state index in [9.17, 15) is 14.0 Å². The van der Waals surface area contributed by atoms with Crippen LogP contribution >= 0.6 is 0 Å². The number of hydrazone groups is 1. The van der Waals surface area contributed by atoms with Crippen LogP contribution in [-0.4, -0.2) is 28.7 Å². The molecule has 4 aromatic rings. The van der Waals surface area contributed by atoms with Gasteiger partial charge < -0.3 is 11.3 Å². The highest BCUT2D eigenvalue weighted by atomic mass is 19.1. The Morgan fingerprint density at radius 1 is 0.857 bits per heavy atom. The van der Waals surface area contributed by atoms with Crippen molar-refractivity contribution in [3.05, 3.63) is 108 Å². The van der Waals surface area contributed by atoms with Crippen LogP contribution in [0.2, 0.25) is 0 Å². The van der Waals surface area contributed by atoms with E-state index in [0.29, 0.717) is 16.7 Å². The van der Waals surface area contributed by atoms with Crippen molar-refractivity contribution in [2.75, 3.05) is 4.90 Å². The van der Waals surface area contributed by atoms with Gasteiger partial charge in [0, 0.05) is 23.5 Å². The monoisotopic (exact) mass is 463 g/mol. The number of aromatic nitrogens is 1. The summed E-state index contributed by atoms with van der Waals surface area (Å²) in [6.07, 6.45) is 2.58. The van der Waals surface area contributed by atoms with Crippen molar-refractivity contribution in [1.29, 1.82) is 5.41 Å². The van der Waals surface area contributed by atoms with E-state index in [-0.39, 0.29) is 28.5 Å². The van der Waals surface area contributed by atoms with Crippen LogP contribution in [0.5, 0.6) is 0 Å². The smallest absolute Gasteiger partial charge is 0.267 e. The lowest BCUT2D eigenvalue weighted by Crippen LogP contribution is -2.30. The molecule has 3 aromatic carbocycles. The number of anilines is 1. The van der Waals surface area contributed by atoms with Gasteiger partial charge >= 0.3 is 0 Å². The molecule has 1 aliphatic rings. The largest absolute Gasteiger partial charge is 0.323 e. The van der Waals surface area contributed by atoms with Crippen molar-refractivity contribution in [3.8, 4) is 22.3 Å². The topological polar surface area (TPSA) is 112 Å². The standard InChI is InChI=1S/C27H18FN5O2/c28-19-9-6-17(7-10-19)21-13-25(31-15-23(21)16-4-2-1-3-5-16)33-26(34)20-11-8-18(24(14-29)32-30)12-22(20)27(33)35/h1-15,29H,30H2/b29-14?,32-24+. The lowest BCUT2D eigenvalue weighted by Gasteiger charge is -2.17. The molecule has 0 spiro atoms. The Bertz CT molecular complexity index is 1510. The van der Waals surface area contributed by atoms with E-state index in [1.807, 2.05) is 30.3 Å². The maximum absolute atomic E-state index is 13.6. The summed E-state index contributed by atoms with van der Waals surface area (Å²) < 4.78 is 13.6. The fraction of sp³-hybridized carbons (Fsp3) is 0. The van der Waals surface area contributed by atoms with Crippen molar-refractivity contribution >= 4 is 29.6 Å². The van der Waals surface area contributed by atoms with Crippen molar-refractivity contribution in [1.82, 2.24) is 4.98 Å². The van der Waals surface area contributed by atoms with Crippen LogP contribution in [0.1, 0.15) is 26.3 Å². The molecule has 5 rings (SSSR count). The number of hydrogen-bond acceptors (Lipinski definition) is 6. The summed E-state index contributed by atoms with van der Waals surface area (Å²) in [5.74, 6) is 4.05. The zero-order valence-electron chi connectivity index (χ0n) is 18.3. The Balaban J connectivity index is 1.62. The fourth-order valence-electron chi connectivity index (χ4n) is 4.09. The number of nitrogens with one attached hydrogen (secondary N) is 1. The van der Waals surface area contributed by atoms with Crippen LogP contribution < -0.4 is 10.7 Å². The van der Waals surface area contributed by atoms with Gasteiger partial charge in [-0.3, -0.25) is 9.59 Å². The first-order chi connectivity index (χ1) is 17.0. The number of amides is 2. The summed E-state index contributed by atoms with van der Waals surface area (Å²) in [6, 6.07) is 21.8. The Hall–Kier alpha value is -4.98. The third-order valence-electron chi connectivity index (χ3n) is 5.82. The maximum atomic E-state index is 13.6. The van der Waals surface area contributed by atoms with Crippen LogP contribution in [0.15, 0.2) is 90.2 Å². The number of carbonyl (C=O) groups excluding carboxylic acids is 2. The molecule has 0 saturated heterocycles. The number of halogens is 1. The molecule has 1 aromatic heterocycles. The van der Waals surface area contributed by atoms with Crippen molar-refractivity contribution < 1.29 is 14.0 Å². The van der Waals surface area contributed by atoms with Gasteiger partial charge in [0.1, 0.15) is 17.3 Å². The summed E-state index contributed by atoms with van der Waals surface area (Å²) in [4.78, 5) is 31.9. The van der Waals surface area contributed by atoms with Crippen molar-refractivity contribution in [2.45, 2.75) is 0 Å². The summed E-state index contributed by atoms with van der Waals surface area (Å²) in [7, 11) is 0. The summed E-state index contributed by atoms with van der Waals surface area (Å²) in [6.45, 7) is 0. The van der Waals surface area contributed by atoms with Gasteiger partial charge in [-0.2, -0.15) is 5.10 Å². The molecule has 0 aliphatic carbocycles. The Morgan fingerprint density at radius 3 is 2.23 bits per heavy atom. The molecule has 0 atom stereocenters. The molecule has 7 nitrogen and oxygen atoms in total. The molecule has 0 saturated carbocycles. The first kappa shape index (κ1) is 21.8. The van der Waals surface area contributed by atoms with Gasteiger partial charge in [0.15, 0.2) is 0 Å². The van der Waals surface area contributed by atoms with Crippen molar-refractivity contribution in [2.24, 2.45) is 10.9 Å². The van der Waals surface area contributed by atoms with Crippen molar-refractivity contribution in [3.63, 3.8) is 0 Å². The van der Waals surface area contributed by atoms with Gasteiger partial charge in [0.05, 0.1) is 11.1 Å². The molecule has 0 radical (unpaired) electrons. The highest BCUT2D eigenvalue weighted by molar-refractivity contribution is 6.39. The molecule has 0 fully saturated rings. The number of hydrogen-bond donors (Lipinski definition) is 2. The molecule has 3 N–H and O–H groups in total. The zero-order chi connectivity index (χ0) is 24.5. The summed E-state index contributed by atoms with van der Waals surface area (Å²) in [5, 5.41) is 11.0. The first-order valence-corrected chi connectivity index (χ1v) is 10.6. The molecule has 35 heavy (non-hydrogen) atoms. The van der Waals surface area contributed by atoms with Gasteiger partial charge in [-0.05, 0) is 47.0 Å². The molecular formula is C27H18FN5O2. The number of benzene rings is 3. The van der Waals surface area contributed by atoms with Crippen LogP contribution in [0.4, 0.5) is 10.2 Å². The third-order valence-corrected chi connectivity index (χ3v) is 5.82.